The number of ketones is 2. The first-order valence-electron chi connectivity index (χ1n) is 7.25. The second-order valence-corrected chi connectivity index (χ2v) is 5.31. The molecule has 1 rings (SSSR count). The molecule has 2 N–H and O–H groups in total. The highest BCUT2D eigenvalue weighted by Crippen LogP contribution is 2.12. The van der Waals surface area contributed by atoms with Gasteiger partial charge in [0.2, 0.25) is 0 Å². The van der Waals surface area contributed by atoms with E-state index in [4.69, 9.17) is 0 Å². The molecule has 0 atom stereocenters. The van der Waals surface area contributed by atoms with E-state index in [0.29, 0.717) is 25.7 Å². The molecule has 0 bridgehead atoms. The number of benzene rings is 1. The predicted octanol–water partition coefficient (Wildman–Crippen LogP) is 3.61. The van der Waals surface area contributed by atoms with Crippen LogP contribution in [0.5, 0.6) is 0 Å². The quantitative estimate of drug-likeness (QED) is 0.568. The smallest absolute Gasteiger partial charge is 0.155 e. The molecule has 1 aromatic rings. The van der Waals surface area contributed by atoms with Crippen LogP contribution in [0.25, 0.3) is 0 Å². The first-order chi connectivity index (χ1) is 10.4. The zero-order valence-electron chi connectivity index (χ0n) is 13.0. The maximum Gasteiger partial charge on any atom is 0.155 e. The molecule has 22 heavy (non-hydrogen) atoms. The van der Waals surface area contributed by atoms with Gasteiger partial charge in [0.1, 0.15) is 0 Å². The third-order valence-electron chi connectivity index (χ3n) is 3.10. The Kier molecular flexibility index (Phi) is 7.09. The number of aliphatic hydroxyl groups is 2. The summed E-state index contributed by atoms with van der Waals surface area (Å²) < 4.78 is 0. The van der Waals surface area contributed by atoms with Gasteiger partial charge in [0.15, 0.2) is 11.6 Å². The number of hydrogen-bond acceptors (Lipinski definition) is 4. The summed E-state index contributed by atoms with van der Waals surface area (Å²) in [6, 6.07) is 7.84. The lowest BCUT2D eigenvalue weighted by atomic mass is 10.0. The lowest BCUT2D eigenvalue weighted by Crippen LogP contribution is -1.94. The molecule has 0 heterocycles. The van der Waals surface area contributed by atoms with Crippen LogP contribution in [0, 0.1) is 0 Å². The molecule has 0 saturated heterocycles. The fourth-order valence-electron chi connectivity index (χ4n) is 2.03. The van der Waals surface area contributed by atoms with E-state index in [1.54, 1.807) is 0 Å². The first kappa shape index (κ1) is 17.7. The molecule has 0 aliphatic heterocycles. The van der Waals surface area contributed by atoms with Crippen LogP contribution in [0.2, 0.25) is 0 Å². The molecule has 0 fully saturated rings. The number of rotatable bonds is 8. The Morgan fingerprint density at radius 1 is 0.818 bits per heavy atom. The normalized spacial score (nSPS) is 12.3. The van der Waals surface area contributed by atoms with Crippen LogP contribution in [0.15, 0.2) is 47.9 Å². The van der Waals surface area contributed by atoms with E-state index in [0.717, 1.165) is 11.1 Å². The van der Waals surface area contributed by atoms with Gasteiger partial charge in [0.05, 0.1) is 11.5 Å². The number of aliphatic hydroxyl groups excluding tert-OH is 2. The van der Waals surface area contributed by atoms with Crippen molar-refractivity contribution in [2.45, 2.75) is 39.5 Å². The van der Waals surface area contributed by atoms with Crippen molar-refractivity contribution >= 4 is 11.6 Å². The molecular formula is C18H22O4. The predicted molar refractivity (Wildman–Crippen MR) is 85.9 cm³/mol. The van der Waals surface area contributed by atoms with Crippen LogP contribution in [0.3, 0.4) is 0 Å². The molecular weight excluding hydrogens is 280 g/mol. The second kappa shape index (κ2) is 8.82. The van der Waals surface area contributed by atoms with Gasteiger partial charge in [-0.05, 0) is 37.8 Å². The van der Waals surface area contributed by atoms with E-state index in [1.807, 2.05) is 24.3 Å². The number of carbonyl (C=O) groups excluding carboxylic acids is 2. The summed E-state index contributed by atoms with van der Waals surface area (Å²) in [7, 11) is 0. The average molecular weight is 302 g/mol. The Bertz CT molecular complexity index is 527. The maximum atomic E-state index is 10.8. The highest BCUT2D eigenvalue weighted by molar-refractivity contribution is 5.87. The van der Waals surface area contributed by atoms with Crippen molar-refractivity contribution in [3.05, 3.63) is 59.1 Å². The van der Waals surface area contributed by atoms with Crippen molar-refractivity contribution < 1.29 is 19.8 Å². The number of aryl methyl sites for hydroxylation is 2. The van der Waals surface area contributed by atoms with Crippen LogP contribution in [-0.2, 0) is 22.4 Å². The molecule has 1 aromatic carbocycles. The molecule has 0 unspecified atom stereocenters. The number of carbonyl (C=O) groups is 2. The third kappa shape index (κ3) is 7.43. The summed E-state index contributed by atoms with van der Waals surface area (Å²) in [5, 5.41) is 19.1. The summed E-state index contributed by atoms with van der Waals surface area (Å²) >= 11 is 0. The number of allylic oxidation sites excluding steroid dienone is 4. The van der Waals surface area contributed by atoms with Gasteiger partial charge in [-0.3, -0.25) is 9.59 Å². The average Bonchev–Trinajstić information content (AvgIpc) is 2.42. The topological polar surface area (TPSA) is 74.6 Å². The van der Waals surface area contributed by atoms with E-state index in [2.05, 4.69) is 0 Å². The van der Waals surface area contributed by atoms with Crippen molar-refractivity contribution in [1.82, 2.24) is 0 Å². The SMILES string of the molecule is CC(=O)C=C(O)CCc1ccc(CC/C(O)=C/C(C)=O)cc1. The minimum atomic E-state index is -0.161. The zero-order chi connectivity index (χ0) is 16.5. The van der Waals surface area contributed by atoms with Crippen molar-refractivity contribution in [1.29, 1.82) is 0 Å². The summed E-state index contributed by atoms with van der Waals surface area (Å²) in [4.78, 5) is 21.6. The van der Waals surface area contributed by atoms with Crippen molar-refractivity contribution in [3.8, 4) is 0 Å². The van der Waals surface area contributed by atoms with Gasteiger partial charge in [-0.25, -0.2) is 0 Å². The van der Waals surface area contributed by atoms with Crippen LogP contribution < -0.4 is 0 Å². The Morgan fingerprint density at radius 2 is 1.14 bits per heavy atom. The van der Waals surface area contributed by atoms with E-state index >= 15 is 0 Å². The first-order valence-corrected chi connectivity index (χ1v) is 7.25. The summed E-state index contributed by atoms with van der Waals surface area (Å²) in [6.07, 6.45) is 4.65. The molecule has 0 saturated carbocycles. The van der Waals surface area contributed by atoms with E-state index in [1.165, 1.54) is 26.0 Å². The molecule has 0 amide bonds. The highest BCUT2D eigenvalue weighted by Gasteiger charge is 2.01. The van der Waals surface area contributed by atoms with Gasteiger partial charge < -0.3 is 10.2 Å². The van der Waals surface area contributed by atoms with E-state index in [-0.39, 0.29) is 23.1 Å². The van der Waals surface area contributed by atoms with E-state index < -0.39 is 0 Å². The van der Waals surface area contributed by atoms with Crippen molar-refractivity contribution in [2.75, 3.05) is 0 Å². The van der Waals surface area contributed by atoms with Gasteiger partial charge in [0, 0.05) is 25.0 Å². The summed E-state index contributed by atoms with van der Waals surface area (Å²) in [5.41, 5.74) is 2.13. The summed E-state index contributed by atoms with van der Waals surface area (Å²) in [5.74, 6) is -0.135. The highest BCUT2D eigenvalue weighted by atomic mass is 16.3. The number of hydrogen-bond donors (Lipinski definition) is 2. The minimum absolute atomic E-state index is 0.0934. The molecule has 0 spiro atoms. The Hall–Kier alpha value is -2.36. The lowest BCUT2D eigenvalue weighted by molar-refractivity contribution is -0.113. The van der Waals surface area contributed by atoms with Gasteiger partial charge in [-0.2, -0.15) is 0 Å². The third-order valence-corrected chi connectivity index (χ3v) is 3.10. The van der Waals surface area contributed by atoms with Crippen LogP contribution in [0.1, 0.15) is 37.8 Å². The molecule has 0 aliphatic carbocycles. The Labute approximate surface area is 130 Å². The standard InChI is InChI=1S/C18H22O4/c1-13(19)11-17(21)9-7-15-3-5-16(6-4-15)8-10-18(22)12-14(2)20/h3-6,11-12,21-22H,7-10H2,1-2H3/b17-11-,18-12?. The van der Waals surface area contributed by atoms with Crippen LogP contribution in [-0.4, -0.2) is 21.8 Å². The van der Waals surface area contributed by atoms with Gasteiger partial charge in [0.25, 0.3) is 0 Å². The summed E-state index contributed by atoms with van der Waals surface area (Å²) in [6.45, 7) is 2.81. The molecule has 0 radical (unpaired) electrons. The fourth-order valence-corrected chi connectivity index (χ4v) is 2.03. The molecule has 0 aromatic heterocycles. The maximum absolute atomic E-state index is 10.8. The second-order valence-electron chi connectivity index (χ2n) is 5.31. The van der Waals surface area contributed by atoms with Crippen molar-refractivity contribution in [2.24, 2.45) is 0 Å². The minimum Gasteiger partial charge on any atom is -0.512 e. The molecule has 118 valence electrons. The Morgan fingerprint density at radius 3 is 1.41 bits per heavy atom. The van der Waals surface area contributed by atoms with Crippen LogP contribution in [0.4, 0.5) is 0 Å². The van der Waals surface area contributed by atoms with E-state index in [9.17, 15) is 19.8 Å². The zero-order valence-corrected chi connectivity index (χ0v) is 13.0. The lowest BCUT2D eigenvalue weighted by Gasteiger charge is -2.04. The van der Waals surface area contributed by atoms with Gasteiger partial charge in [-0.15, -0.1) is 0 Å². The molecule has 4 heteroatoms. The fraction of sp³-hybridized carbons (Fsp3) is 0.333. The van der Waals surface area contributed by atoms with Gasteiger partial charge >= 0.3 is 0 Å². The molecule has 4 nitrogen and oxygen atoms in total. The van der Waals surface area contributed by atoms with Gasteiger partial charge in [-0.1, -0.05) is 24.3 Å². The Balaban J connectivity index is 2.50. The largest absolute Gasteiger partial charge is 0.512 e. The molecule has 0 aliphatic rings. The van der Waals surface area contributed by atoms with Crippen molar-refractivity contribution in [3.63, 3.8) is 0 Å². The van der Waals surface area contributed by atoms with Crippen LogP contribution >= 0.6 is 0 Å². The monoisotopic (exact) mass is 302 g/mol.